The molecule has 4 rings (SSSR count). The molecule has 0 unspecified atom stereocenters. The minimum Gasteiger partial charge on any atom is -0.492 e. The lowest BCUT2D eigenvalue weighted by molar-refractivity contribution is -0.331. The molecule has 5 N–H and O–H groups in total. The van der Waals surface area contributed by atoms with Gasteiger partial charge in [-0.3, -0.25) is 0 Å². The summed E-state index contributed by atoms with van der Waals surface area (Å²) in [7, 11) is 1.45. The van der Waals surface area contributed by atoms with Crippen LogP contribution in [0.4, 0.5) is 0 Å². The van der Waals surface area contributed by atoms with Gasteiger partial charge in [0.05, 0.1) is 37.1 Å². The zero-order valence-corrected chi connectivity index (χ0v) is 18.9. The first-order valence-electron chi connectivity index (χ1n) is 10.7. The lowest BCUT2D eigenvalue weighted by Gasteiger charge is -2.43. The van der Waals surface area contributed by atoms with Crippen molar-refractivity contribution in [3.8, 4) is 5.75 Å². The number of ether oxygens (including phenoxy) is 3. The van der Waals surface area contributed by atoms with E-state index in [1.54, 1.807) is 26.0 Å². The molecule has 3 aromatic rings. The highest BCUT2D eigenvalue weighted by Gasteiger charge is 2.47. The highest BCUT2D eigenvalue weighted by atomic mass is 16.7. The second-order valence-corrected chi connectivity index (χ2v) is 8.81. The Kier molecular flexibility index (Phi) is 6.71. The van der Waals surface area contributed by atoms with E-state index in [2.05, 4.69) is 0 Å². The molecule has 11 heteroatoms. The van der Waals surface area contributed by atoms with Crippen molar-refractivity contribution in [3.63, 3.8) is 0 Å². The molecule has 0 radical (unpaired) electrons. The molecule has 1 aromatic carbocycles. The maximum absolute atomic E-state index is 11.9. The van der Waals surface area contributed by atoms with E-state index < -0.39 is 54.6 Å². The van der Waals surface area contributed by atoms with Crippen molar-refractivity contribution in [1.29, 1.82) is 0 Å². The molecule has 0 bridgehead atoms. The predicted octanol–water partition coefficient (Wildman–Crippen LogP) is 0.0463. The fraction of sp³-hybridized carbons (Fsp3) is 0.522. The van der Waals surface area contributed by atoms with Gasteiger partial charge in [0, 0.05) is 23.4 Å². The molecule has 1 aliphatic rings. The Labute approximate surface area is 193 Å². The Bertz CT molecular complexity index is 1210. The second kappa shape index (κ2) is 9.27. The van der Waals surface area contributed by atoms with Gasteiger partial charge in [-0.2, -0.15) is 0 Å². The van der Waals surface area contributed by atoms with Gasteiger partial charge in [0.1, 0.15) is 30.0 Å². The Morgan fingerprint density at radius 2 is 1.79 bits per heavy atom. The first kappa shape index (κ1) is 24.6. The van der Waals surface area contributed by atoms with Crippen molar-refractivity contribution < 1.29 is 48.6 Å². The SMILES string of the molecule is COc1c(C[C@H](O)C(C)(C)O[C@@H]2O[C@H](CO)[C@@H](O)[C@H](O)[C@H]2O)c2ccc(=O)oc2c2ccoc12. The summed E-state index contributed by atoms with van der Waals surface area (Å²) in [5.41, 5.74) is -0.760. The summed E-state index contributed by atoms with van der Waals surface area (Å²) in [6, 6.07) is 4.48. The number of hydrogen-bond donors (Lipinski definition) is 5. The maximum Gasteiger partial charge on any atom is 0.336 e. The van der Waals surface area contributed by atoms with Crippen LogP contribution >= 0.6 is 0 Å². The van der Waals surface area contributed by atoms with Crippen LogP contribution in [0.25, 0.3) is 21.9 Å². The molecule has 11 nitrogen and oxygen atoms in total. The van der Waals surface area contributed by atoms with Crippen LogP contribution in [0.1, 0.15) is 19.4 Å². The lowest BCUT2D eigenvalue weighted by atomic mass is 9.91. The van der Waals surface area contributed by atoms with E-state index in [1.807, 2.05) is 0 Å². The number of aliphatic hydroxyl groups is 5. The van der Waals surface area contributed by atoms with Gasteiger partial charge in [0.15, 0.2) is 17.6 Å². The first-order valence-corrected chi connectivity index (χ1v) is 10.7. The third-order valence-electron chi connectivity index (χ3n) is 6.22. The Balaban J connectivity index is 1.67. The van der Waals surface area contributed by atoms with Crippen LogP contribution in [0, 0.1) is 0 Å². The molecule has 6 atom stereocenters. The molecule has 0 amide bonds. The van der Waals surface area contributed by atoms with Crippen molar-refractivity contribution in [1.82, 2.24) is 0 Å². The van der Waals surface area contributed by atoms with E-state index in [-0.39, 0.29) is 12.0 Å². The number of fused-ring (bicyclic) bond motifs is 3. The summed E-state index contributed by atoms with van der Waals surface area (Å²) in [6.45, 7) is 2.50. The molecule has 0 aliphatic carbocycles. The quantitative estimate of drug-likeness (QED) is 0.289. The van der Waals surface area contributed by atoms with Crippen LogP contribution < -0.4 is 10.4 Å². The summed E-state index contributed by atoms with van der Waals surface area (Å²) in [5.74, 6) is 0.351. The van der Waals surface area contributed by atoms with E-state index in [1.165, 1.54) is 19.4 Å². The third-order valence-corrected chi connectivity index (χ3v) is 6.22. The maximum atomic E-state index is 11.9. The minimum atomic E-state index is -1.62. The van der Waals surface area contributed by atoms with E-state index in [9.17, 15) is 30.3 Å². The van der Waals surface area contributed by atoms with Gasteiger partial charge in [-0.15, -0.1) is 0 Å². The Morgan fingerprint density at radius 3 is 2.47 bits per heavy atom. The topological polar surface area (TPSA) is 172 Å². The normalized spacial score (nSPS) is 26.8. The number of rotatable bonds is 7. The van der Waals surface area contributed by atoms with Crippen LogP contribution in [0.5, 0.6) is 5.75 Å². The minimum absolute atomic E-state index is 0.0333. The molecule has 1 saturated heterocycles. The number of furan rings is 1. The number of benzene rings is 1. The first-order chi connectivity index (χ1) is 16.1. The predicted molar refractivity (Wildman–Crippen MR) is 117 cm³/mol. The molecule has 0 spiro atoms. The van der Waals surface area contributed by atoms with Gasteiger partial charge in [-0.25, -0.2) is 4.79 Å². The average Bonchev–Trinajstić information content (AvgIpc) is 3.29. The fourth-order valence-corrected chi connectivity index (χ4v) is 4.18. The van der Waals surface area contributed by atoms with Gasteiger partial charge in [0.2, 0.25) is 0 Å². The Morgan fingerprint density at radius 1 is 1.06 bits per heavy atom. The monoisotopic (exact) mass is 480 g/mol. The highest BCUT2D eigenvalue weighted by molar-refractivity contribution is 6.07. The van der Waals surface area contributed by atoms with E-state index >= 15 is 0 Å². The van der Waals surface area contributed by atoms with Gasteiger partial charge < -0.3 is 48.6 Å². The van der Waals surface area contributed by atoms with Gasteiger partial charge in [-0.05, 0) is 26.0 Å². The number of aliphatic hydroxyl groups excluding tert-OH is 5. The smallest absolute Gasteiger partial charge is 0.336 e. The van der Waals surface area contributed by atoms with E-state index in [0.29, 0.717) is 27.7 Å². The van der Waals surface area contributed by atoms with E-state index in [0.717, 1.165) is 0 Å². The summed E-state index contributed by atoms with van der Waals surface area (Å²) < 4.78 is 27.8. The zero-order chi connectivity index (χ0) is 24.8. The summed E-state index contributed by atoms with van der Waals surface area (Å²) >= 11 is 0. The lowest BCUT2D eigenvalue weighted by Crippen LogP contribution is -2.61. The summed E-state index contributed by atoms with van der Waals surface area (Å²) in [5, 5.41) is 51.9. The van der Waals surface area contributed by atoms with Crippen LogP contribution in [-0.4, -0.2) is 81.7 Å². The van der Waals surface area contributed by atoms with Crippen molar-refractivity contribution >= 4 is 21.9 Å². The van der Waals surface area contributed by atoms with Crippen LogP contribution in [-0.2, 0) is 15.9 Å². The van der Waals surface area contributed by atoms with Crippen LogP contribution in [0.15, 0.2) is 38.1 Å². The molecule has 0 saturated carbocycles. The largest absolute Gasteiger partial charge is 0.492 e. The van der Waals surface area contributed by atoms with Gasteiger partial charge in [0.25, 0.3) is 0 Å². The molecule has 34 heavy (non-hydrogen) atoms. The molecular weight excluding hydrogens is 452 g/mol. The molecule has 1 fully saturated rings. The van der Waals surface area contributed by atoms with Crippen molar-refractivity contribution in [2.75, 3.05) is 13.7 Å². The van der Waals surface area contributed by atoms with Crippen molar-refractivity contribution in [2.24, 2.45) is 0 Å². The number of hydrogen-bond acceptors (Lipinski definition) is 11. The standard InChI is InChI=1S/C23H28O11/c1-23(2,34-22-18(29)17(28)16(27)13(9-24)32-22)14(25)8-12-10-4-5-15(26)33-19(10)11-6-7-31-21(11)20(12)30-3/h4-7,13-14,16-18,22,24-25,27-29H,8-9H2,1-3H3/t13-,14+,16-,17+,18-,22+/m1/s1. The summed E-state index contributed by atoms with van der Waals surface area (Å²) in [6.07, 6.45) is -7.14. The van der Waals surface area contributed by atoms with Gasteiger partial charge >= 0.3 is 5.63 Å². The fourth-order valence-electron chi connectivity index (χ4n) is 4.18. The molecule has 186 valence electrons. The van der Waals surface area contributed by atoms with Crippen molar-refractivity contribution in [3.05, 3.63) is 40.4 Å². The van der Waals surface area contributed by atoms with E-state index in [4.69, 9.17) is 23.0 Å². The van der Waals surface area contributed by atoms with Gasteiger partial charge in [-0.1, -0.05) is 0 Å². The summed E-state index contributed by atoms with van der Waals surface area (Å²) in [4.78, 5) is 11.9. The number of methoxy groups -OCH3 is 1. The third kappa shape index (κ3) is 4.20. The molecule has 3 heterocycles. The van der Waals surface area contributed by atoms with Crippen molar-refractivity contribution in [2.45, 2.75) is 62.7 Å². The second-order valence-electron chi connectivity index (χ2n) is 8.81. The molecule has 2 aromatic heterocycles. The highest BCUT2D eigenvalue weighted by Crippen LogP contribution is 2.40. The van der Waals surface area contributed by atoms with Crippen LogP contribution in [0.3, 0.4) is 0 Å². The zero-order valence-electron chi connectivity index (χ0n) is 18.9. The molecule has 1 aliphatic heterocycles. The molecular formula is C23H28O11. The Hall–Kier alpha value is -2.51. The van der Waals surface area contributed by atoms with Crippen LogP contribution in [0.2, 0.25) is 0 Å². The average molecular weight is 480 g/mol.